The number of hydrogen-bond donors (Lipinski definition) is 1. The fourth-order valence-electron chi connectivity index (χ4n) is 1.52. The van der Waals surface area contributed by atoms with Crippen LogP contribution in [0.5, 0.6) is 5.75 Å². The monoisotopic (exact) mass is 283 g/mol. The number of benzene rings is 1. The van der Waals surface area contributed by atoms with Crippen molar-refractivity contribution >= 4 is 28.1 Å². The molecular weight excluding hydrogens is 270 g/mol. The van der Waals surface area contributed by atoms with Gasteiger partial charge in [-0.25, -0.2) is 0 Å². The Balaban J connectivity index is 2.04. The number of anilines is 1. The lowest BCUT2D eigenvalue weighted by molar-refractivity contribution is 0.299. The summed E-state index contributed by atoms with van der Waals surface area (Å²) >= 11 is 7.24. The Morgan fingerprint density at radius 2 is 2.28 bits per heavy atom. The number of ether oxygens (including phenoxy) is 1. The molecule has 0 amide bonds. The molecule has 1 aromatic heterocycles. The maximum absolute atomic E-state index is 5.90. The highest BCUT2D eigenvalue weighted by molar-refractivity contribution is 7.10. The molecule has 0 saturated carbocycles. The van der Waals surface area contributed by atoms with Crippen molar-refractivity contribution in [3.8, 4) is 5.75 Å². The second-order valence-corrected chi connectivity index (χ2v) is 4.97. The Bertz CT molecular complexity index is 530. The number of rotatable bonds is 5. The van der Waals surface area contributed by atoms with Gasteiger partial charge in [0.2, 0.25) is 0 Å². The SMILES string of the molecule is CCNc1snnc1COc1ccc(Cl)cc1C. The van der Waals surface area contributed by atoms with E-state index >= 15 is 0 Å². The average molecular weight is 284 g/mol. The van der Waals surface area contributed by atoms with Crippen molar-refractivity contribution < 1.29 is 4.74 Å². The van der Waals surface area contributed by atoms with E-state index in [9.17, 15) is 0 Å². The molecule has 0 aliphatic carbocycles. The molecule has 96 valence electrons. The van der Waals surface area contributed by atoms with Gasteiger partial charge in [-0.15, -0.1) is 5.10 Å². The van der Waals surface area contributed by atoms with Gasteiger partial charge in [-0.1, -0.05) is 16.1 Å². The van der Waals surface area contributed by atoms with Crippen LogP contribution in [0.4, 0.5) is 5.00 Å². The summed E-state index contributed by atoms with van der Waals surface area (Å²) in [5.41, 5.74) is 1.84. The smallest absolute Gasteiger partial charge is 0.136 e. The fourth-order valence-corrected chi connectivity index (χ4v) is 2.38. The molecule has 0 spiro atoms. The lowest BCUT2D eigenvalue weighted by Gasteiger charge is -2.08. The van der Waals surface area contributed by atoms with Crippen molar-refractivity contribution in [3.05, 3.63) is 34.5 Å². The predicted molar refractivity (Wildman–Crippen MR) is 74.6 cm³/mol. The Kier molecular flexibility index (Phi) is 4.38. The number of aromatic nitrogens is 2. The summed E-state index contributed by atoms with van der Waals surface area (Å²) < 4.78 is 9.65. The highest BCUT2D eigenvalue weighted by Crippen LogP contribution is 2.24. The van der Waals surface area contributed by atoms with Crippen LogP contribution in [-0.4, -0.2) is 16.1 Å². The number of halogens is 1. The standard InChI is InChI=1S/C12H14ClN3OS/c1-3-14-12-10(15-16-18-12)7-17-11-5-4-9(13)6-8(11)2/h4-6,14H,3,7H2,1-2H3. The van der Waals surface area contributed by atoms with E-state index in [1.54, 1.807) is 0 Å². The number of hydrogen-bond acceptors (Lipinski definition) is 5. The molecule has 0 aliphatic rings. The molecule has 0 radical (unpaired) electrons. The highest BCUT2D eigenvalue weighted by Gasteiger charge is 2.08. The van der Waals surface area contributed by atoms with Gasteiger partial charge in [0.05, 0.1) is 0 Å². The van der Waals surface area contributed by atoms with Gasteiger partial charge in [-0.05, 0) is 37.6 Å². The first kappa shape index (κ1) is 13.1. The maximum Gasteiger partial charge on any atom is 0.136 e. The first-order chi connectivity index (χ1) is 8.70. The molecule has 0 unspecified atom stereocenters. The summed E-state index contributed by atoms with van der Waals surface area (Å²) in [5.74, 6) is 0.815. The van der Waals surface area contributed by atoms with E-state index in [2.05, 4.69) is 14.9 Å². The van der Waals surface area contributed by atoms with E-state index in [4.69, 9.17) is 16.3 Å². The Hall–Kier alpha value is -1.33. The Labute approximate surface area is 115 Å². The van der Waals surface area contributed by atoms with E-state index in [1.165, 1.54) is 11.5 Å². The van der Waals surface area contributed by atoms with Crippen molar-refractivity contribution in [2.24, 2.45) is 0 Å². The van der Waals surface area contributed by atoms with Gasteiger partial charge in [0.15, 0.2) is 0 Å². The van der Waals surface area contributed by atoms with Gasteiger partial charge in [0.25, 0.3) is 0 Å². The summed E-state index contributed by atoms with van der Waals surface area (Å²) in [6, 6.07) is 5.56. The minimum absolute atomic E-state index is 0.404. The zero-order valence-electron chi connectivity index (χ0n) is 10.2. The number of nitrogens with zero attached hydrogens (tertiary/aromatic N) is 2. The first-order valence-corrected chi connectivity index (χ1v) is 6.80. The van der Waals surface area contributed by atoms with Gasteiger partial charge in [-0.3, -0.25) is 0 Å². The summed E-state index contributed by atoms with van der Waals surface area (Å²) in [6.45, 7) is 5.25. The summed E-state index contributed by atoms with van der Waals surface area (Å²) in [5, 5.41) is 8.93. The fraction of sp³-hybridized carbons (Fsp3) is 0.333. The molecule has 1 aromatic carbocycles. The molecule has 0 saturated heterocycles. The topological polar surface area (TPSA) is 47.0 Å². The molecular formula is C12H14ClN3OS. The second kappa shape index (κ2) is 6.02. The van der Waals surface area contributed by atoms with Crippen molar-refractivity contribution in [1.29, 1.82) is 0 Å². The van der Waals surface area contributed by atoms with E-state index in [1.807, 2.05) is 32.0 Å². The van der Waals surface area contributed by atoms with Gasteiger partial charge in [-0.2, -0.15) is 0 Å². The van der Waals surface area contributed by atoms with E-state index in [0.29, 0.717) is 11.6 Å². The van der Waals surface area contributed by atoms with Crippen LogP contribution in [0.3, 0.4) is 0 Å². The third kappa shape index (κ3) is 3.11. The summed E-state index contributed by atoms with van der Waals surface area (Å²) in [4.78, 5) is 0. The normalized spacial score (nSPS) is 10.4. The lowest BCUT2D eigenvalue weighted by atomic mass is 10.2. The Morgan fingerprint density at radius 1 is 1.44 bits per heavy atom. The molecule has 2 rings (SSSR count). The van der Waals surface area contributed by atoms with E-state index in [0.717, 1.165) is 28.6 Å². The maximum atomic E-state index is 5.90. The van der Waals surface area contributed by atoms with E-state index < -0.39 is 0 Å². The molecule has 0 aliphatic heterocycles. The molecule has 18 heavy (non-hydrogen) atoms. The molecule has 4 nitrogen and oxygen atoms in total. The van der Waals surface area contributed by atoms with Crippen LogP contribution in [0.2, 0.25) is 5.02 Å². The molecule has 0 atom stereocenters. The van der Waals surface area contributed by atoms with E-state index in [-0.39, 0.29) is 0 Å². The van der Waals surface area contributed by atoms with Gasteiger partial charge in [0, 0.05) is 23.1 Å². The van der Waals surface area contributed by atoms with Crippen LogP contribution in [0.15, 0.2) is 18.2 Å². The average Bonchev–Trinajstić information content (AvgIpc) is 2.76. The molecule has 1 heterocycles. The zero-order valence-corrected chi connectivity index (χ0v) is 11.8. The van der Waals surface area contributed by atoms with Crippen molar-refractivity contribution in [3.63, 3.8) is 0 Å². The predicted octanol–water partition coefficient (Wildman–Crippen LogP) is 3.51. The second-order valence-electron chi connectivity index (χ2n) is 3.78. The van der Waals surface area contributed by atoms with Crippen LogP contribution in [-0.2, 0) is 6.61 Å². The van der Waals surface area contributed by atoms with Crippen LogP contribution in [0, 0.1) is 6.92 Å². The zero-order chi connectivity index (χ0) is 13.0. The van der Waals surface area contributed by atoms with Gasteiger partial charge < -0.3 is 10.1 Å². The first-order valence-electron chi connectivity index (χ1n) is 5.64. The number of nitrogens with one attached hydrogen (secondary N) is 1. The third-order valence-electron chi connectivity index (χ3n) is 2.39. The summed E-state index contributed by atoms with van der Waals surface area (Å²) in [6.07, 6.45) is 0. The molecule has 0 bridgehead atoms. The molecule has 2 aromatic rings. The Morgan fingerprint density at radius 3 is 3.00 bits per heavy atom. The quantitative estimate of drug-likeness (QED) is 0.912. The highest BCUT2D eigenvalue weighted by atomic mass is 35.5. The molecule has 0 fully saturated rings. The third-order valence-corrected chi connectivity index (χ3v) is 3.36. The lowest BCUT2D eigenvalue weighted by Crippen LogP contribution is -2.02. The van der Waals surface area contributed by atoms with Gasteiger partial charge >= 0.3 is 0 Å². The van der Waals surface area contributed by atoms with Crippen molar-refractivity contribution in [1.82, 2.24) is 9.59 Å². The van der Waals surface area contributed by atoms with Gasteiger partial charge in [0.1, 0.15) is 23.1 Å². The van der Waals surface area contributed by atoms with Crippen molar-refractivity contribution in [2.75, 3.05) is 11.9 Å². The largest absolute Gasteiger partial charge is 0.487 e. The minimum Gasteiger partial charge on any atom is -0.487 e. The van der Waals surface area contributed by atoms with Crippen LogP contribution < -0.4 is 10.1 Å². The van der Waals surface area contributed by atoms with Crippen molar-refractivity contribution in [2.45, 2.75) is 20.5 Å². The van der Waals surface area contributed by atoms with Crippen LogP contribution in [0.25, 0.3) is 0 Å². The molecule has 1 N–H and O–H groups in total. The van der Waals surface area contributed by atoms with Crippen LogP contribution in [0.1, 0.15) is 18.2 Å². The summed E-state index contributed by atoms with van der Waals surface area (Å²) in [7, 11) is 0. The molecule has 6 heteroatoms. The van der Waals surface area contributed by atoms with Crippen LogP contribution >= 0.6 is 23.1 Å². The number of aryl methyl sites for hydroxylation is 1. The minimum atomic E-state index is 0.404.